The van der Waals surface area contributed by atoms with E-state index in [2.05, 4.69) is 11.1 Å². The molecule has 4 heteroatoms. The monoisotopic (exact) mass is 301 g/mol. The van der Waals surface area contributed by atoms with Crippen LogP contribution in [0.15, 0.2) is 72.0 Å². The van der Waals surface area contributed by atoms with Crippen LogP contribution in [0.25, 0.3) is 5.69 Å². The van der Waals surface area contributed by atoms with Crippen molar-refractivity contribution in [3.63, 3.8) is 0 Å². The van der Waals surface area contributed by atoms with Crippen molar-refractivity contribution >= 4 is 11.9 Å². The molecule has 0 bridgehead atoms. The Labute approximate surface area is 134 Å². The second-order valence-corrected chi connectivity index (χ2v) is 4.97. The van der Waals surface area contributed by atoms with Gasteiger partial charge in [-0.25, -0.2) is 0 Å². The number of ether oxygens (including phenoxy) is 1. The van der Waals surface area contributed by atoms with Crippen LogP contribution < -0.4 is 4.74 Å². The standard InChI is InChI=1S/C19H15N3O/c1-23-19-8-6-18(7-9-19)22-11-10-16(14-22)13-21-17-4-2-15(12-20)3-5-17/h2-11,13-14H,1H3. The number of hydrogen-bond donors (Lipinski definition) is 0. The number of nitrogens with zero attached hydrogens (tertiary/aromatic N) is 3. The molecule has 0 saturated carbocycles. The molecule has 0 N–H and O–H groups in total. The summed E-state index contributed by atoms with van der Waals surface area (Å²) in [5.74, 6) is 0.837. The van der Waals surface area contributed by atoms with Gasteiger partial charge in [-0.2, -0.15) is 5.26 Å². The lowest BCUT2D eigenvalue weighted by Crippen LogP contribution is -1.90. The predicted octanol–water partition coefficient (Wildman–Crippen LogP) is 4.11. The summed E-state index contributed by atoms with van der Waals surface area (Å²) in [5.41, 5.74) is 3.52. The molecule has 0 aliphatic heterocycles. The number of aromatic nitrogens is 1. The van der Waals surface area contributed by atoms with Crippen LogP contribution >= 0.6 is 0 Å². The minimum Gasteiger partial charge on any atom is -0.497 e. The second kappa shape index (κ2) is 6.63. The molecule has 0 aliphatic rings. The molecule has 0 saturated heterocycles. The molecule has 3 rings (SSSR count). The summed E-state index contributed by atoms with van der Waals surface area (Å²) in [6.07, 6.45) is 5.80. The lowest BCUT2D eigenvalue weighted by atomic mass is 10.2. The zero-order valence-electron chi connectivity index (χ0n) is 12.7. The first-order valence-electron chi connectivity index (χ1n) is 7.15. The van der Waals surface area contributed by atoms with Gasteiger partial charge < -0.3 is 9.30 Å². The number of aliphatic imine (C=N–C) groups is 1. The van der Waals surface area contributed by atoms with Gasteiger partial charge in [-0.15, -0.1) is 0 Å². The summed E-state index contributed by atoms with van der Waals surface area (Å²) < 4.78 is 7.19. The Hall–Kier alpha value is -3.32. The van der Waals surface area contributed by atoms with Crippen LogP contribution in [-0.2, 0) is 0 Å². The fraction of sp³-hybridized carbons (Fsp3) is 0.0526. The Morgan fingerprint density at radius 2 is 1.78 bits per heavy atom. The van der Waals surface area contributed by atoms with E-state index in [1.165, 1.54) is 0 Å². The summed E-state index contributed by atoms with van der Waals surface area (Å²) in [6, 6.07) is 19.1. The van der Waals surface area contributed by atoms with E-state index in [-0.39, 0.29) is 0 Å². The Morgan fingerprint density at radius 1 is 1.04 bits per heavy atom. The quantitative estimate of drug-likeness (QED) is 0.681. The van der Waals surface area contributed by atoms with Crippen LogP contribution in [0.4, 0.5) is 5.69 Å². The average molecular weight is 301 g/mol. The molecule has 0 unspecified atom stereocenters. The molecule has 0 aliphatic carbocycles. The first-order valence-corrected chi connectivity index (χ1v) is 7.15. The topological polar surface area (TPSA) is 50.3 Å². The van der Waals surface area contributed by atoms with E-state index in [4.69, 9.17) is 10.00 Å². The first kappa shape index (κ1) is 14.6. The Balaban J connectivity index is 1.75. The SMILES string of the molecule is COc1ccc(-n2ccc(C=Nc3ccc(C#N)cc3)c2)cc1. The van der Waals surface area contributed by atoms with Gasteiger partial charge in [0, 0.05) is 29.9 Å². The Bertz CT molecular complexity index is 853. The fourth-order valence-corrected chi connectivity index (χ4v) is 2.18. The second-order valence-electron chi connectivity index (χ2n) is 4.97. The molecule has 0 radical (unpaired) electrons. The Kier molecular flexibility index (Phi) is 4.21. The highest BCUT2D eigenvalue weighted by Gasteiger charge is 1.99. The van der Waals surface area contributed by atoms with Crippen LogP contribution in [0.3, 0.4) is 0 Å². The van der Waals surface area contributed by atoms with Crippen molar-refractivity contribution in [1.82, 2.24) is 4.57 Å². The van der Waals surface area contributed by atoms with Crippen LogP contribution in [0.2, 0.25) is 0 Å². The number of benzene rings is 2. The maximum Gasteiger partial charge on any atom is 0.119 e. The van der Waals surface area contributed by atoms with Gasteiger partial charge in [0.25, 0.3) is 0 Å². The summed E-state index contributed by atoms with van der Waals surface area (Å²) in [6.45, 7) is 0. The number of hydrogen-bond acceptors (Lipinski definition) is 3. The van der Waals surface area contributed by atoms with E-state index < -0.39 is 0 Å². The third-order valence-electron chi connectivity index (χ3n) is 3.45. The molecule has 0 amide bonds. The zero-order chi connectivity index (χ0) is 16.1. The fourth-order valence-electron chi connectivity index (χ4n) is 2.18. The van der Waals surface area contributed by atoms with Gasteiger partial charge in [0.05, 0.1) is 24.4 Å². The molecule has 0 spiro atoms. The van der Waals surface area contributed by atoms with E-state index in [9.17, 15) is 0 Å². The highest BCUT2D eigenvalue weighted by molar-refractivity contribution is 5.81. The third kappa shape index (κ3) is 3.47. The smallest absolute Gasteiger partial charge is 0.119 e. The molecule has 4 nitrogen and oxygen atoms in total. The molecule has 2 aromatic carbocycles. The average Bonchev–Trinajstić information content (AvgIpc) is 3.09. The maximum atomic E-state index is 8.78. The maximum absolute atomic E-state index is 8.78. The van der Waals surface area contributed by atoms with Gasteiger partial charge in [0.1, 0.15) is 5.75 Å². The zero-order valence-corrected chi connectivity index (χ0v) is 12.7. The highest BCUT2D eigenvalue weighted by Crippen LogP contribution is 2.16. The van der Waals surface area contributed by atoms with Crippen molar-refractivity contribution in [3.8, 4) is 17.5 Å². The minimum absolute atomic E-state index is 0.634. The first-order chi connectivity index (χ1) is 11.3. The molecule has 23 heavy (non-hydrogen) atoms. The van der Waals surface area contributed by atoms with Gasteiger partial charge >= 0.3 is 0 Å². The Morgan fingerprint density at radius 3 is 2.43 bits per heavy atom. The summed E-state index contributed by atoms with van der Waals surface area (Å²) in [7, 11) is 1.66. The van der Waals surface area contributed by atoms with E-state index >= 15 is 0 Å². The molecule has 0 fully saturated rings. The van der Waals surface area contributed by atoms with Gasteiger partial charge in [0.2, 0.25) is 0 Å². The van der Waals surface area contributed by atoms with Crippen LogP contribution in [0.5, 0.6) is 5.75 Å². The van der Waals surface area contributed by atoms with Gasteiger partial charge in [-0.05, 0) is 54.6 Å². The lowest BCUT2D eigenvalue weighted by molar-refractivity contribution is 0.415. The van der Waals surface area contributed by atoms with Crippen LogP contribution in [-0.4, -0.2) is 17.9 Å². The predicted molar refractivity (Wildman–Crippen MR) is 90.7 cm³/mol. The van der Waals surface area contributed by atoms with Crippen molar-refractivity contribution in [2.75, 3.05) is 7.11 Å². The van der Waals surface area contributed by atoms with E-state index in [0.717, 1.165) is 22.7 Å². The van der Waals surface area contributed by atoms with E-state index in [1.54, 1.807) is 25.5 Å². The summed E-state index contributed by atoms with van der Waals surface area (Å²) >= 11 is 0. The summed E-state index contributed by atoms with van der Waals surface area (Å²) in [4.78, 5) is 4.42. The largest absolute Gasteiger partial charge is 0.497 e. The lowest BCUT2D eigenvalue weighted by Gasteiger charge is -2.04. The summed E-state index contributed by atoms with van der Waals surface area (Å²) in [5, 5.41) is 8.78. The van der Waals surface area contributed by atoms with Crippen molar-refractivity contribution in [3.05, 3.63) is 78.1 Å². The van der Waals surface area contributed by atoms with E-state index in [0.29, 0.717) is 5.56 Å². The van der Waals surface area contributed by atoms with Gasteiger partial charge in [-0.1, -0.05) is 0 Å². The molecule has 112 valence electrons. The minimum atomic E-state index is 0.634. The van der Waals surface area contributed by atoms with Crippen molar-refractivity contribution in [2.45, 2.75) is 0 Å². The van der Waals surface area contributed by atoms with Gasteiger partial charge in [0.15, 0.2) is 0 Å². The number of methoxy groups -OCH3 is 1. The molecule has 1 aromatic heterocycles. The molecule has 3 aromatic rings. The number of rotatable bonds is 4. The normalized spacial score (nSPS) is 10.6. The van der Waals surface area contributed by atoms with Crippen molar-refractivity contribution < 1.29 is 4.74 Å². The van der Waals surface area contributed by atoms with Crippen molar-refractivity contribution in [2.24, 2.45) is 4.99 Å². The number of nitriles is 1. The van der Waals surface area contributed by atoms with Crippen LogP contribution in [0.1, 0.15) is 11.1 Å². The third-order valence-corrected chi connectivity index (χ3v) is 3.45. The molecule has 0 atom stereocenters. The van der Waals surface area contributed by atoms with Crippen molar-refractivity contribution in [1.29, 1.82) is 5.26 Å². The van der Waals surface area contributed by atoms with E-state index in [1.807, 2.05) is 59.4 Å². The molecular weight excluding hydrogens is 286 g/mol. The highest BCUT2D eigenvalue weighted by atomic mass is 16.5. The molecule has 1 heterocycles. The molecular formula is C19H15N3O. The van der Waals surface area contributed by atoms with Crippen LogP contribution in [0, 0.1) is 11.3 Å². The van der Waals surface area contributed by atoms with Gasteiger partial charge in [-0.3, -0.25) is 4.99 Å².